The lowest BCUT2D eigenvalue weighted by atomic mass is 9.82. The Morgan fingerprint density at radius 2 is 2.05 bits per heavy atom. The summed E-state index contributed by atoms with van der Waals surface area (Å²) < 4.78 is 0. The van der Waals surface area contributed by atoms with Gasteiger partial charge in [0.25, 0.3) is 0 Å². The summed E-state index contributed by atoms with van der Waals surface area (Å²) in [6, 6.07) is 0.211. The van der Waals surface area contributed by atoms with Gasteiger partial charge in [0, 0.05) is 32.3 Å². The van der Waals surface area contributed by atoms with E-state index in [2.05, 4.69) is 0 Å². The summed E-state index contributed by atoms with van der Waals surface area (Å²) >= 11 is 0. The van der Waals surface area contributed by atoms with Crippen molar-refractivity contribution >= 4 is 12.0 Å². The van der Waals surface area contributed by atoms with Crippen LogP contribution in [0.15, 0.2) is 0 Å². The molecule has 0 spiro atoms. The van der Waals surface area contributed by atoms with Crippen molar-refractivity contribution in [2.24, 2.45) is 5.41 Å². The molecule has 0 aromatic rings. The summed E-state index contributed by atoms with van der Waals surface area (Å²) in [5.74, 6) is -0.828. The summed E-state index contributed by atoms with van der Waals surface area (Å²) in [5, 5.41) is 18.4. The lowest BCUT2D eigenvalue weighted by molar-refractivity contribution is -0.150. The van der Waals surface area contributed by atoms with Gasteiger partial charge in [-0.1, -0.05) is 0 Å². The number of urea groups is 1. The van der Waals surface area contributed by atoms with E-state index in [-0.39, 0.29) is 25.2 Å². The molecule has 2 aliphatic rings. The second kappa shape index (κ2) is 6.64. The highest BCUT2D eigenvalue weighted by Gasteiger charge is 2.41. The number of nitrogens with zero attached hydrogens (tertiary/aromatic N) is 2. The van der Waals surface area contributed by atoms with E-state index in [4.69, 9.17) is 5.11 Å². The number of aliphatic hydroxyl groups excluding tert-OH is 1. The van der Waals surface area contributed by atoms with Crippen molar-refractivity contribution in [1.82, 2.24) is 9.80 Å². The van der Waals surface area contributed by atoms with Gasteiger partial charge in [0.2, 0.25) is 0 Å². The minimum Gasteiger partial charge on any atom is -0.481 e. The highest BCUT2D eigenvalue weighted by Crippen LogP contribution is 2.32. The van der Waals surface area contributed by atoms with Crippen LogP contribution in [0.1, 0.15) is 45.4 Å². The van der Waals surface area contributed by atoms with Crippen LogP contribution < -0.4 is 0 Å². The smallest absolute Gasteiger partial charge is 0.320 e. The van der Waals surface area contributed by atoms with E-state index in [9.17, 15) is 14.7 Å². The molecule has 6 heteroatoms. The molecule has 120 valence electrons. The quantitative estimate of drug-likeness (QED) is 0.806. The summed E-state index contributed by atoms with van der Waals surface area (Å²) in [4.78, 5) is 27.7. The van der Waals surface area contributed by atoms with Gasteiger partial charge < -0.3 is 20.0 Å². The Morgan fingerprint density at radius 3 is 2.57 bits per heavy atom. The molecule has 21 heavy (non-hydrogen) atoms. The van der Waals surface area contributed by atoms with Crippen LogP contribution in [-0.4, -0.2) is 64.3 Å². The van der Waals surface area contributed by atoms with Crippen molar-refractivity contribution in [2.45, 2.75) is 51.5 Å². The molecule has 2 N–H and O–H groups in total. The number of carboxylic acid groups (broad SMARTS) is 1. The number of carbonyl (C=O) groups is 2. The Bertz CT molecular complexity index is 397. The number of hydrogen-bond acceptors (Lipinski definition) is 3. The zero-order chi connectivity index (χ0) is 15.5. The maximum atomic E-state index is 12.7. The third-order valence-electron chi connectivity index (χ3n) is 4.80. The van der Waals surface area contributed by atoms with Crippen molar-refractivity contribution in [3.63, 3.8) is 0 Å². The second-order valence-electron chi connectivity index (χ2n) is 6.53. The molecule has 2 rings (SSSR count). The lowest BCUT2D eigenvalue weighted by Crippen LogP contribution is -2.56. The molecule has 1 unspecified atom stereocenters. The monoisotopic (exact) mass is 298 g/mol. The van der Waals surface area contributed by atoms with E-state index in [0.717, 1.165) is 25.7 Å². The zero-order valence-corrected chi connectivity index (χ0v) is 12.8. The number of aliphatic carboxylic acids is 1. The van der Waals surface area contributed by atoms with Crippen LogP contribution in [0.25, 0.3) is 0 Å². The second-order valence-corrected chi connectivity index (χ2v) is 6.53. The van der Waals surface area contributed by atoms with Crippen LogP contribution in [0, 0.1) is 5.41 Å². The van der Waals surface area contributed by atoms with Gasteiger partial charge in [0.1, 0.15) is 0 Å². The fourth-order valence-electron chi connectivity index (χ4n) is 3.13. The van der Waals surface area contributed by atoms with Crippen molar-refractivity contribution in [3.05, 3.63) is 0 Å². The van der Waals surface area contributed by atoms with E-state index < -0.39 is 11.4 Å². The Kier molecular flexibility index (Phi) is 5.08. The molecule has 6 nitrogen and oxygen atoms in total. The summed E-state index contributed by atoms with van der Waals surface area (Å²) in [6.45, 7) is 3.26. The molecule has 2 amide bonds. The third kappa shape index (κ3) is 3.48. The highest BCUT2D eigenvalue weighted by molar-refractivity contribution is 5.78. The third-order valence-corrected chi connectivity index (χ3v) is 4.80. The molecular formula is C15H26N2O4. The topological polar surface area (TPSA) is 81.1 Å². The van der Waals surface area contributed by atoms with Gasteiger partial charge in [-0.15, -0.1) is 0 Å². The molecule has 1 aliphatic carbocycles. The highest BCUT2D eigenvalue weighted by atomic mass is 16.4. The Labute approximate surface area is 125 Å². The Balaban J connectivity index is 2.03. The minimum atomic E-state index is -0.837. The van der Waals surface area contributed by atoms with Crippen molar-refractivity contribution in [2.75, 3.05) is 26.2 Å². The van der Waals surface area contributed by atoms with E-state index >= 15 is 0 Å². The lowest BCUT2D eigenvalue weighted by Gasteiger charge is -2.44. The van der Waals surface area contributed by atoms with Crippen LogP contribution in [0.2, 0.25) is 0 Å². The first-order chi connectivity index (χ1) is 9.98. The van der Waals surface area contributed by atoms with Crippen molar-refractivity contribution < 1.29 is 19.8 Å². The normalized spacial score (nSPS) is 26.3. The van der Waals surface area contributed by atoms with Crippen molar-refractivity contribution in [3.8, 4) is 0 Å². The fraction of sp³-hybridized carbons (Fsp3) is 0.867. The van der Waals surface area contributed by atoms with Gasteiger partial charge in [0.05, 0.1) is 5.41 Å². The van der Waals surface area contributed by atoms with Gasteiger partial charge in [-0.25, -0.2) is 4.79 Å². The molecule has 1 heterocycles. The minimum absolute atomic E-state index is 0.0553. The molecule has 0 aromatic carbocycles. The first kappa shape index (κ1) is 16.1. The van der Waals surface area contributed by atoms with Crippen LogP contribution in [0.4, 0.5) is 4.79 Å². The number of likely N-dealkylation sites (tertiary alicyclic amines) is 1. The number of carbonyl (C=O) groups excluding carboxylic acids is 1. The SMILES string of the molecule is CC1(C(=O)O)CCCN(C(=O)N(CCCO)C2CCC2)C1. The van der Waals surface area contributed by atoms with Crippen LogP contribution in [0.5, 0.6) is 0 Å². The molecular weight excluding hydrogens is 272 g/mol. The number of piperidine rings is 1. The van der Waals surface area contributed by atoms with Crippen LogP contribution in [0.3, 0.4) is 0 Å². The van der Waals surface area contributed by atoms with E-state index in [1.165, 1.54) is 0 Å². The van der Waals surface area contributed by atoms with E-state index in [1.54, 1.807) is 11.8 Å². The Hall–Kier alpha value is -1.30. The summed E-state index contributed by atoms with van der Waals surface area (Å²) in [7, 11) is 0. The van der Waals surface area contributed by atoms with Gasteiger partial charge in [-0.05, 0) is 45.4 Å². The summed E-state index contributed by atoms with van der Waals surface area (Å²) in [6.07, 6.45) is 5.09. The maximum absolute atomic E-state index is 12.7. The predicted molar refractivity (Wildman–Crippen MR) is 78.0 cm³/mol. The molecule has 1 saturated heterocycles. The van der Waals surface area contributed by atoms with E-state index in [0.29, 0.717) is 25.9 Å². The Morgan fingerprint density at radius 1 is 1.33 bits per heavy atom. The molecule has 1 aliphatic heterocycles. The number of aliphatic hydroxyl groups is 1. The summed E-state index contributed by atoms with van der Waals surface area (Å²) in [5.41, 5.74) is -0.837. The number of carboxylic acids is 1. The molecule has 0 aromatic heterocycles. The fourth-order valence-corrected chi connectivity index (χ4v) is 3.13. The average Bonchev–Trinajstić information content (AvgIpc) is 2.40. The number of hydrogen-bond donors (Lipinski definition) is 2. The average molecular weight is 298 g/mol. The van der Waals surface area contributed by atoms with Gasteiger partial charge in [-0.2, -0.15) is 0 Å². The van der Waals surface area contributed by atoms with Crippen molar-refractivity contribution in [1.29, 1.82) is 0 Å². The van der Waals surface area contributed by atoms with E-state index in [1.807, 2.05) is 4.90 Å². The molecule has 0 bridgehead atoms. The number of amides is 2. The van der Waals surface area contributed by atoms with Crippen LogP contribution in [-0.2, 0) is 4.79 Å². The van der Waals surface area contributed by atoms with Gasteiger partial charge >= 0.3 is 12.0 Å². The molecule has 1 saturated carbocycles. The first-order valence-corrected chi connectivity index (χ1v) is 7.88. The largest absolute Gasteiger partial charge is 0.481 e. The predicted octanol–water partition coefficient (Wildman–Crippen LogP) is 1.53. The van der Waals surface area contributed by atoms with Gasteiger partial charge in [0.15, 0.2) is 0 Å². The molecule has 0 radical (unpaired) electrons. The zero-order valence-electron chi connectivity index (χ0n) is 12.8. The number of rotatable bonds is 5. The molecule has 2 fully saturated rings. The standard InChI is InChI=1S/C15H26N2O4/c1-15(13(19)20)7-3-8-16(11-15)14(21)17(9-4-10-18)12-5-2-6-12/h12,18H,2-11H2,1H3,(H,19,20). The molecule has 1 atom stereocenters. The van der Waals surface area contributed by atoms with Crippen LogP contribution >= 0.6 is 0 Å². The van der Waals surface area contributed by atoms with Gasteiger partial charge in [-0.3, -0.25) is 4.79 Å². The first-order valence-electron chi connectivity index (χ1n) is 7.88. The maximum Gasteiger partial charge on any atom is 0.320 e.